The maximum atomic E-state index is 10.3. The first-order valence-corrected chi connectivity index (χ1v) is 11.6. The quantitative estimate of drug-likeness (QED) is 0.377. The Hall–Kier alpha value is -0.560. The van der Waals surface area contributed by atoms with E-state index in [-0.39, 0.29) is 13.2 Å². The second-order valence-corrected chi connectivity index (χ2v) is 10.5. The highest BCUT2D eigenvalue weighted by Crippen LogP contribution is 2.61. The fourth-order valence-corrected chi connectivity index (χ4v) is 6.62. The van der Waals surface area contributed by atoms with Crippen LogP contribution in [0.3, 0.4) is 0 Å². The summed E-state index contributed by atoms with van der Waals surface area (Å²) >= 11 is 0. The van der Waals surface area contributed by atoms with Gasteiger partial charge in [0.1, 0.15) is 0 Å². The molecule has 0 saturated heterocycles. The third kappa shape index (κ3) is 6.46. The van der Waals surface area contributed by atoms with E-state index in [1.54, 1.807) is 0 Å². The van der Waals surface area contributed by atoms with Crippen LogP contribution in [0.5, 0.6) is 0 Å². The van der Waals surface area contributed by atoms with Crippen LogP contribution in [0.4, 0.5) is 0 Å². The van der Waals surface area contributed by atoms with Crippen molar-refractivity contribution in [1.82, 2.24) is 4.90 Å². The highest BCUT2D eigenvalue weighted by molar-refractivity contribution is 5.02. The summed E-state index contributed by atoms with van der Waals surface area (Å²) in [6.07, 6.45) is 7.13. The molecule has 2 N–H and O–H groups in total. The normalized spacial score (nSPS) is 32.7. The van der Waals surface area contributed by atoms with Gasteiger partial charge >= 0.3 is 0 Å². The standard InChI is InChI=1S/C23H44N2O4/c1-18-6-7-21-22(2,3)9-5-10-23(21,4)20(18)8-15-29-17-19(27)16-25(13-14-26)12-11-24-28/h18-21,26-27H,5-17H2,1-4H3. The molecule has 2 aliphatic rings. The van der Waals surface area contributed by atoms with Crippen LogP contribution >= 0.6 is 0 Å². The van der Waals surface area contributed by atoms with Crippen LogP contribution in [0.15, 0.2) is 5.18 Å². The monoisotopic (exact) mass is 412 g/mol. The Morgan fingerprint density at radius 3 is 2.66 bits per heavy atom. The van der Waals surface area contributed by atoms with E-state index in [4.69, 9.17) is 9.84 Å². The molecule has 2 aliphatic carbocycles. The topological polar surface area (TPSA) is 82.4 Å². The zero-order valence-corrected chi connectivity index (χ0v) is 19.1. The molecule has 0 aromatic rings. The molecule has 2 rings (SSSR count). The number of fused-ring (bicyclic) bond motifs is 1. The summed E-state index contributed by atoms with van der Waals surface area (Å²) in [6, 6.07) is 0. The first-order chi connectivity index (χ1) is 13.7. The Balaban J connectivity index is 1.81. The second-order valence-electron chi connectivity index (χ2n) is 10.5. The first kappa shape index (κ1) is 24.7. The smallest absolute Gasteiger partial charge is 0.0938 e. The summed E-state index contributed by atoms with van der Waals surface area (Å²) in [5.41, 5.74) is 0.843. The summed E-state index contributed by atoms with van der Waals surface area (Å²) in [5.74, 6) is 2.21. The average molecular weight is 413 g/mol. The highest BCUT2D eigenvalue weighted by Gasteiger charge is 2.53. The number of aliphatic hydroxyl groups excluding tert-OH is 2. The molecule has 0 radical (unpaired) electrons. The number of aliphatic hydroxyl groups is 2. The molecule has 5 atom stereocenters. The molecular formula is C23H44N2O4. The van der Waals surface area contributed by atoms with Gasteiger partial charge in [0.15, 0.2) is 0 Å². The maximum absolute atomic E-state index is 10.3. The van der Waals surface area contributed by atoms with Crippen LogP contribution in [0.25, 0.3) is 0 Å². The lowest BCUT2D eigenvalue weighted by Crippen LogP contribution is -2.51. The van der Waals surface area contributed by atoms with Crippen molar-refractivity contribution in [2.24, 2.45) is 33.8 Å². The lowest BCUT2D eigenvalue weighted by molar-refractivity contribution is -0.103. The Labute approximate surface area is 177 Å². The number of ether oxygens (including phenoxy) is 1. The molecule has 0 bridgehead atoms. The molecule has 0 spiro atoms. The molecule has 0 heterocycles. The van der Waals surface area contributed by atoms with Gasteiger partial charge in [-0.05, 0) is 54.3 Å². The van der Waals surface area contributed by atoms with E-state index in [1.807, 2.05) is 4.90 Å². The highest BCUT2D eigenvalue weighted by atomic mass is 16.5. The van der Waals surface area contributed by atoms with Gasteiger partial charge < -0.3 is 14.9 Å². The molecule has 0 aliphatic heterocycles. The van der Waals surface area contributed by atoms with Crippen LogP contribution in [0.2, 0.25) is 0 Å². The first-order valence-electron chi connectivity index (χ1n) is 11.6. The molecule has 6 nitrogen and oxygen atoms in total. The predicted octanol–water partition coefficient (Wildman–Crippen LogP) is 3.69. The van der Waals surface area contributed by atoms with Gasteiger partial charge in [0, 0.05) is 26.2 Å². The largest absolute Gasteiger partial charge is 0.395 e. The Morgan fingerprint density at radius 1 is 1.21 bits per heavy atom. The zero-order valence-electron chi connectivity index (χ0n) is 19.1. The fraction of sp³-hybridized carbons (Fsp3) is 1.00. The molecule has 29 heavy (non-hydrogen) atoms. The van der Waals surface area contributed by atoms with Gasteiger partial charge in [0.05, 0.1) is 25.9 Å². The van der Waals surface area contributed by atoms with Crippen LogP contribution < -0.4 is 0 Å². The number of nitrogens with zero attached hydrogens (tertiary/aromatic N) is 2. The average Bonchev–Trinajstić information content (AvgIpc) is 2.64. The van der Waals surface area contributed by atoms with Gasteiger partial charge in [-0.3, -0.25) is 4.90 Å². The van der Waals surface area contributed by atoms with Crippen molar-refractivity contribution in [2.45, 2.75) is 72.3 Å². The van der Waals surface area contributed by atoms with E-state index < -0.39 is 6.10 Å². The molecule has 6 heteroatoms. The molecule has 2 fully saturated rings. The second kappa shape index (κ2) is 11.2. The van der Waals surface area contributed by atoms with Gasteiger partial charge in [-0.25, -0.2) is 0 Å². The summed E-state index contributed by atoms with van der Waals surface area (Å²) in [7, 11) is 0. The van der Waals surface area contributed by atoms with Crippen LogP contribution in [-0.4, -0.2) is 67.2 Å². The van der Waals surface area contributed by atoms with Crippen molar-refractivity contribution in [2.75, 3.05) is 46.0 Å². The third-order valence-corrected chi connectivity index (χ3v) is 8.00. The van der Waals surface area contributed by atoms with Crippen LogP contribution in [0, 0.1) is 33.5 Å². The number of rotatable bonds is 12. The SMILES string of the molecule is CC1CCC2C(C)(C)CCCC2(C)C1CCOCC(O)CN(CCO)CCN=O. The Bertz CT molecular complexity index is 501. The molecule has 170 valence electrons. The molecule has 0 aromatic carbocycles. The predicted molar refractivity (Wildman–Crippen MR) is 117 cm³/mol. The minimum Gasteiger partial charge on any atom is -0.395 e. The van der Waals surface area contributed by atoms with Crippen molar-refractivity contribution in [3.8, 4) is 0 Å². The summed E-state index contributed by atoms with van der Waals surface area (Å²) in [4.78, 5) is 12.2. The van der Waals surface area contributed by atoms with E-state index in [9.17, 15) is 10.0 Å². The van der Waals surface area contributed by atoms with E-state index in [2.05, 4.69) is 32.9 Å². The molecule has 2 saturated carbocycles. The Morgan fingerprint density at radius 2 is 1.97 bits per heavy atom. The van der Waals surface area contributed by atoms with Gasteiger partial charge in [0.2, 0.25) is 0 Å². The zero-order chi connectivity index (χ0) is 21.5. The molecule has 0 aromatic heterocycles. The van der Waals surface area contributed by atoms with Crippen LogP contribution in [-0.2, 0) is 4.74 Å². The van der Waals surface area contributed by atoms with Gasteiger partial charge in [-0.1, -0.05) is 45.7 Å². The van der Waals surface area contributed by atoms with Gasteiger partial charge in [0.25, 0.3) is 0 Å². The van der Waals surface area contributed by atoms with E-state index in [0.717, 1.165) is 18.3 Å². The lowest BCUT2D eigenvalue weighted by atomic mass is 9.46. The van der Waals surface area contributed by atoms with Crippen molar-refractivity contribution < 1.29 is 14.9 Å². The lowest BCUT2D eigenvalue weighted by Gasteiger charge is -2.59. The third-order valence-electron chi connectivity index (χ3n) is 8.00. The minimum absolute atomic E-state index is 0.00208. The van der Waals surface area contributed by atoms with E-state index in [1.165, 1.54) is 32.1 Å². The van der Waals surface area contributed by atoms with Crippen molar-refractivity contribution in [3.05, 3.63) is 4.91 Å². The summed E-state index contributed by atoms with van der Waals surface area (Å²) < 4.78 is 5.88. The number of nitroso groups, excluding NO2 is 1. The van der Waals surface area contributed by atoms with Gasteiger partial charge in [-0.2, -0.15) is 4.91 Å². The van der Waals surface area contributed by atoms with Crippen molar-refractivity contribution >= 4 is 0 Å². The summed E-state index contributed by atoms with van der Waals surface area (Å²) in [6.45, 7) is 12.3. The molecule has 5 unspecified atom stereocenters. The van der Waals surface area contributed by atoms with Crippen LogP contribution in [0.1, 0.15) is 66.2 Å². The number of hydrogen-bond acceptors (Lipinski definition) is 6. The molecule has 0 amide bonds. The number of hydrogen-bond donors (Lipinski definition) is 2. The molecular weight excluding hydrogens is 368 g/mol. The van der Waals surface area contributed by atoms with Crippen molar-refractivity contribution in [3.63, 3.8) is 0 Å². The Kier molecular flexibility index (Phi) is 9.52. The fourth-order valence-electron chi connectivity index (χ4n) is 6.62. The maximum Gasteiger partial charge on any atom is 0.0938 e. The van der Waals surface area contributed by atoms with Crippen molar-refractivity contribution in [1.29, 1.82) is 0 Å². The van der Waals surface area contributed by atoms with E-state index >= 15 is 0 Å². The summed E-state index contributed by atoms with van der Waals surface area (Å²) in [5, 5.41) is 22.3. The van der Waals surface area contributed by atoms with Gasteiger partial charge in [-0.15, -0.1) is 0 Å². The van der Waals surface area contributed by atoms with E-state index in [0.29, 0.717) is 49.6 Å². The minimum atomic E-state index is -0.617.